The summed E-state index contributed by atoms with van der Waals surface area (Å²) < 4.78 is 0.983. The van der Waals surface area contributed by atoms with Crippen LogP contribution in [0.4, 0.5) is 11.5 Å². The Morgan fingerprint density at radius 3 is 2.55 bits per heavy atom. The highest BCUT2D eigenvalue weighted by Gasteiger charge is 2.08. The van der Waals surface area contributed by atoms with Gasteiger partial charge in [0.1, 0.15) is 11.6 Å². The average Bonchev–Trinajstić information content (AvgIpc) is 2.49. The van der Waals surface area contributed by atoms with Crippen molar-refractivity contribution in [2.75, 3.05) is 5.32 Å². The Morgan fingerprint density at radius 1 is 1.00 bits per heavy atom. The van der Waals surface area contributed by atoms with Crippen LogP contribution >= 0.6 is 15.9 Å². The minimum Gasteiger partial charge on any atom is -0.339 e. The van der Waals surface area contributed by atoms with Crippen molar-refractivity contribution < 1.29 is 0 Å². The number of halogens is 1. The standard InChI is InChI=1S/C15H13BrN4/c16-11-6-2-4-8-13(11)19-15-10-5-1-3-7-12(10)18-14(9-17)20-15/h1-8H,9,17H2,(H,18,19,20). The number of benzene rings is 2. The van der Waals surface area contributed by atoms with Crippen LogP contribution < -0.4 is 11.1 Å². The van der Waals surface area contributed by atoms with Gasteiger partial charge in [0, 0.05) is 9.86 Å². The first-order chi connectivity index (χ1) is 9.78. The first-order valence-corrected chi connectivity index (χ1v) is 7.04. The summed E-state index contributed by atoms with van der Waals surface area (Å²) in [5.41, 5.74) is 7.52. The van der Waals surface area contributed by atoms with E-state index < -0.39 is 0 Å². The van der Waals surface area contributed by atoms with Crippen LogP contribution in [0.3, 0.4) is 0 Å². The van der Waals surface area contributed by atoms with Crippen LogP contribution in [-0.2, 0) is 6.54 Å². The lowest BCUT2D eigenvalue weighted by atomic mass is 10.2. The Kier molecular flexibility index (Phi) is 3.62. The number of aromatic nitrogens is 2. The largest absolute Gasteiger partial charge is 0.339 e. The van der Waals surface area contributed by atoms with E-state index in [-0.39, 0.29) is 0 Å². The number of para-hydroxylation sites is 2. The van der Waals surface area contributed by atoms with Crippen LogP contribution in [0.2, 0.25) is 0 Å². The minimum atomic E-state index is 0.315. The predicted molar refractivity (Wildman–Crippen MR) is 84.9 cm³/mol. The molecule has 5 heteroatoms. The van der Waals surface area contributed by atoms with Crippen molar-refractivity contribution in [3.8, 4) is 0 Å². The summed E-state index contributed by atoms with van der Waals surface area (Å²) in [6, 6.07) is 15.8. The molecule has 0 radical (unpaired) electrons. The van der Waals surface area contributed by atoms with E-state index >= 15 is 0 Å². The van der Waals surface area contributed by atoms with Gasteiger partial charge in [-0.15, -0.1) is 0 Å². The summed E-state index contributed by atoms with van der Waals surface area (Å²) in [5, 5.41) is 4.31. The second-order valence-electron chi connectivity index (χ2n) is 4.31. The fourth-order valence-electron chi connectivity index (χ4n) is 2.00. The Labute approximate surface area is 125 Å². The summed E-state index contributed by atoms with van der Waals surface area (Å²) >= 11 is 3.52. The van der Waals surface area contributed by atoms with Crippen LogP contribution in [0.25, 0.3) is 10.9 Å². The summed E-state index contributed by atoms with van der Waals surface area (Å²) in [4.78, 5) is 8.92. The number of hydrogen-bond donors (Lipinski definition) is 2. The molecule has 0 aliphatic rings. The maximum absolute atomic E-state index is 5.67. The topological polar surface area (TPSA) is 63.8 Å². The molecule has 100 valence electrons. The minimum absolute atomic E-state index is 0.315. The third kappa shape index (κ3) is 2.50. The summed E-state index contributed by atoms with van der Waals surface area (Å²) in [6.45, 7) is 0.315. The zero-order valence-corrected chi connectivity index (χ0v) is 12.3. The molecule has 0 aliphatic carbocycles. The van der Waals surface area contributed by atoms with Crippen molar-refractivity contribution >= 4 is 38.3 Å². The van der Waals surface area contributed by atoms with Gasteiger partial charge in [-0.25, -0.2) is 9.97 Å². The second-order valence-corrected chi connectivity index (χ2v) is 5.17. The summed E-state index contributed by atoms with van der Waals surface area (Å²) in [5.74, 6) is 1.39. The fraction of sp³-hybridized carbons (Fsp3) is 0.0667. The van der Waals surface area contributed by atoms with Crippen molar-refractivity contribution in [3.63, 3.8) is 0 Å². The smallest absolute Gasteiger partial charge is 0.144 e. The highest BCUT2D eigenvalue weighted by atomic mass is 79.9. The molecule has 0 saturated heterocycles. The number of nitrogens with zero attached hydrogens (tertiary/aromatic N) is 2. The summed E-state index contributed by atoms with van der Waals surface area (Å²) in [6.07, 6.45) is 0. The van der Waals surface area contributed by atoms with E-state index in [1.807, 2.05) is 48.5 Å². The van der Waals surface area contributed by atoms with Crippen molar-refractivity contribution in [1.29, 1.82) is 0 Å². The molecule has 1 aromatic heterocycles. The van der Waals surface area contributed by atoms with Gasteiger partial charge in [-0.1, -0.05) is 24.3 Å². The molecule has 0 amide bonds. The van der Waals surface area contributed by atoms with Gasteiger partial charge in [0.25, 0.3) is 0 Å². The van der Waals surface area contributed by atoms with Crippen molar-refractivity contribution in [3.05, 3.63) is 58.8 Å². The molecule has 3 N–H and O–H groups in total. The maximum Gasteiger partial charge on any atom is 0.144 e. The van der Waals surface area contributed by atoms with Crippen molar-refractivity contribution in [1.82, 2.24) is 9.97 Å². The van der Waals surface area contributed by atoms with E-state index in [0.29, 0.717) is 12.4 Å². The number of hydrogen-bond acceptors (Lipinski definition) is 4. The van der Waals surface area contributed by atoms with E-state index in [0.717, 1.165) is 26.9 Å². The van der Waals surface area contributed by atoms with Crippen LogP contribution in [0.1, 0.15) is 5.82 Å². The molecule has 4 nitrogen and oxygen atoms in total. The quantitative estimate of drug-likeness (QED) is 0.771. The maximum atomic E-state index is 5.67. The van der Waals surface area contributed by atoms with Gasteiger partial charge >= 0.3 is 0 Å². The van der Waals surface area contributed by atoms with Gasteiger partial charge in [-0.3, -0.25) is 0 Å². The SMILES string of the molecule is NCc1nc(Nc2ccccc2Br)c2ccccc2n1. The lowest BCUT2D eigenvalue weighted by Crippen LogP contribution is -2.06. The van der Waals surface area contributed by atoms with Gasteiger partial charge in [-0.2, -0.15) is 0 Å². The van der Waals surface area contributed by atoms with Crippen molar-refractivity contribution in [2.45, 2.75) is 6.54 Å². The molecule has 0 unspecified atom stereocenters. The van der Waals surface area contributed by atoms with Gasteiger partial charge in [0.15, 0.2) is 0 Å². The number of anilines is 2. The fourth-order valence-corrected chi connectivity index (χ4v) is 2.39. The molecular weight excluding hydrogens is 316 g/mol. The zero-order valence-electron chi connectivity index (χ0n) is 10.7. The number of fused-ring (bicyclic) bond motifs is 1. The van der Waals surface area contributed by atoms with Crippen LogP contribution in [0.15, 0.2) is 53.0 Å². The van der Waals surface area contributed by atoms with E-state index in [1.54, 1.807) is 0 Å². The molecule has 2 aromatic carbocycles. The number of rotatable bonds is 3. The normalized spacial score (nSPS) is 10.7. The number of nitrogens with two attached hydrogens (primary N) is 1. The highest BCUT2D eigenvalue weighted by Crippen LogP contribution is 2.28. The lowest BCUT2D eigenvalue weighted by Gasteiger charge is -2.11. The highest BCUT2D eigenvalue weighted by molar-refractivity contribution is 9.10. The third-order valence-electron chi connectivity index (χ3n) is 2.96. The van der Waals surface area contributed by atoms with Crippen LogP contribution in [0, 0.1) is 0 Å². The molecule has 0 saturated carbocycles. The van der Waals surface area contributed by atoms with Gasteiger partial charge in [0.05, 0.1) is 17.7 Å². The first-order valence-electron chi connectivity index (χ1n) is 6.25. The van der Waals surface area contributed by atoms with Gasteiger partial charge in [0.2, 0.25) is 0 Å². The summed E-state index contributed by atoms with van der Waals surface area (Å²) in [7, 11) is 0. The second kappa shape index (κ2) is 5.56. The average molecular weight is 329 g/mol. The molecule has 3 aromatic rings. The monoisotopic (exact) mass is 328 g/mol. The lowest BCUT2D eigenvalue weighted by molar-refractivity contribution is 0.929. The molecule has 20 heavy (non-hydrogen) atoms. The first kappa shape index (κ1) is 13.0. The molecular formula is C15H13BrN4. The molecule has 0 spiro atoms. The Hall–Kier alpha value is -1.98. The Morgan fingerprint density at radius 2 is 1.75 bits per heavy atom. The predicted octanol–water partition coefficient (Wildman–Crippen LogP) is 3.59. The van der Waals surface area contributed by atoms with E-state index in [9.17, 15) is 0 Å². The van der Waals surface area contributed by atoms with Crippen LogP contribution in [0.5, 0.6) is 0 Å². The third-order valence-corrected chi connectivity index (χ3v) is 3.65. The Bertz CT molecular complexity index is 758. The molecule has 0 aliphatic heterocycles. The molecule has 0 atom stereocenters. The van der Waals surface area contributed by atoms with Gasteiger partial charge < -0.3 is 11.1 Å². The number of nitrogens with one attached hydrogen (secondary N) is 1. The van der Waals surface area contributed by atoms with E-state index in [2.05, 4.69) is 31.2 Å². The molecule has 1 heterocycles. The molecule has 3 rings (SSSR count). The van der Waals surface area contributed by atoms with E-state index in [4.69, 9.17) is 5.73 Å². The molecule has 0 fully saturated rings. The molecule has 0 bridgehead atoms. The van der Waals surface area contributed by atoms with E-state index in [1.165, 1.54) is 0 Å². The van der Waals surface area contributed by atoms with Crippen LogP contribution in [-0.4, -0.2) is 9.97 Å². The van der Waals surface area contributed by atoms with Gasteiger partial charge in [-0.05, 0) is 40.2 Å². The van der Waals surface area contributed by atoms with Crippen molar-refractivity contribution in [2.24, 2.45) is 5.73 Å². The zero-order chi connectivity index (χ0) is 13.9. The Balaban J connectivity index is 2.13.